The fourth-order valence-electron chi connectivity index (χ4n) is 3.72. The molecule has 11 heteroatoms. The molecule has 33 heavy (non-hydrogen) atoms. The lowest BCUT2D eigenvalue weighted by molar-refractivity contribution is -0.128. The monoisotopic (exact) mass is 446 g/mol. The predicted molar refractivity (Wildman–Crippen MR) is 119 cm³/mol. The molecule has 11 nitrogen and oxygen atoms in total. The molecular weight excluding hydrogens is 424 g/mol. The smallest absolute Gasteiger partial charge is 0.233 e. The second-order valence-corrected chi connectivity index (χ2v) is 7.79. The van der Waals surface area contributed by atoms with Gasteiger partial charge in [0.05, 0.1) is 36.1 Å². The summed E-state index contributed by atoms with van der Waals surface area (Å²) in [4.78, 5) is 27.6. The standard InChI is InChI=1S/C22H22N8O3/c1-29-7-5-15(21(29)31)20-10-19(28-33-20)18-9-14(32-3)8-17(26-18)16-4-6-23-22(27-16)25-13-11-24-30(2)12-13/h4,6,8-12,15H,5,7H2,1-3H3,(H,23,25,27)/t15-/m0/s1. The normalized spacial score (nSPS) is 15.8. The number of carbonyl (C=O) groups excluding carboxylic acids is 1. The van der Waals surface area contributed by atoms with Crippen molar-refractivity contribution in [2.45, 2.75) is 12.3 Å². The van der Waals surface area contributed by atoms with Gasteiger partial charge in [-0.15, -0.1) is 0 Å². The van der Waals surface area contributed by atoms with Gasteiger partial charge in [-0.05, 0) is 12.5 Å². The zero-order valence-corrected chi connectivity index (χ0v) is 18.4. The molecule has 0 spiro atoms. The van der Waals surface area contributed by atoms with Gasteiger partial charge in [0, 0.05) is 51.2 Å². The molecule has 0 bridgehead atoms. The highest BCUT2D eigenvalue weighted by Crippen LogP contribution is 2.32. The van der Waals surface area contributed by atoms with Crippen LogP contribution in [0.3, 0.4) is 0 Å². The molecule has 0 radical (unpaired) electrons. The highest BCUT2D eigenvalue weighted by atomic mass is 16.5. The van der Waals surface area contributed by atoms with Gasteiger partial charge in [-0.2, -0.15) is 5.10 Å². The molecule has 0 saturated carbocycles. The lowest BCUT2D eigenvalue weighted by atomic mass is 10.0. The van der Waals surface area contributed by atoms with Crippen LogP contribution in [0.1, 0.15) is 18.1 Å². The summed E-state index contributed by atoms with van der Waals surface area (Å²) in [5, 5.41) is 11.4. The third kappa shape index (κ3) is 4.12. The van der Waals surface area contributed by atoms with Crippen LogP contribution in [0.2, 0.25) is 0 Å². The number of carbonyl (C=O) groups is 1. The molecule has 1 amide bonds. The first-order valence-electron chi connectivity index (χ1n) is 10.4. The van der Waals surface area contributed by atoms with E-state index in [0.717, 1.165) is 5.69 Å². The van der Waals surface area contributed by atoms with Crippen LogP contribution in [-0.2, 0) is 11.8 Å². The number of nitrogens with one attached hydrogen (secondary N) is 1. The largest absolute Gasteiger partial charge is 0.497 e. The van der Waals surface area contributed by atoms with Crippen molar-refractivity contribution in [2.75, 3.05) is 26.0 Å². The minimum absolute atomic E-state index is 0.0339. The van der Waals surface area contributed by atoms with E-state index in [1.54, 1.807) is 60.4 Å². The summed E-state index contributed by atoms with van der Waals surface area (Å²) in [6.07, 6.45) is 5.87. The van der Waals surface area contributed by atoms with Gasteiger partial charge >= 0.3 is 0 Å². The molecule has 4 aromatic rings. The Kier molecular flexibility index (Phi) is 5.21. The van der Waals surface area contributed by atoms with Crippen LogP contribution < -0.4 is 10.1 Å². The van der Waals surface area contributed by atoms with Crippen LogP contribution in [0.15, 0.2) is 47.4 Å². The van der Waals surface area contributed by atoms with Gasteiger partial charge in [-0.1, -0.05) is 5.16 Å². The average Bonchev–Trinajstić information content (AvgIpc) is 3.55. The minimum atomic E-state index is -0.315. The lowest BCUT2D eigenvalue weighted by Crippen LogP contribution is -2.21. The van der Waals surface area contributed by atoms with Gasteiger partial charge in [0.2, 0.25) is 11.9 Å². The van der Waals surface area contributed by atoms with E-state index in [9.17, 15) is 4.79 Å². The summed E-state index contributed by atoms with van der Waals surface area (Å²) in [7, 11) is 5.20. The lowest BCUT2D eigenvalue weighted by Gasteiger charge is -2.08. The Bertz CT molecular complexity index is 1310. The van der Waals surface area contributed by atoms with E-state index in [-0.39, 0.29) is 11.8 Å². The average molecular weight is 446 g/mol. The number of rotatable bonds is 6. The number of amides is 1. The Morgan fingerprint density at radius 3 is 2.64 bits per heavy atom. The SMILES string of the molecule is COc1cc(-c2cc([C@@H]3CCN(C)C3=O)on2)nc(-c2ccnc(Nc3cnn(C)c3)n2)c1. The summed E-state index contributed by atoms with van der Waals surface area (Å²) in [5.41, 5.74) is 3.04. The summed E-state index contributed by atoms with van der Waals surface area (Å²) in [6.45, 7) is 0.699. The number of anilines is 2. The first-order valence-corrected chi connectivity index (χ1v) is 10.4. The predicted octanol–water partition coefficient (Wildman–Crippen LogP) is 2.63. The molecule has 1 aliphatic rings. The number of aryl methyl sites for hydroxylation is 1. The Morgan fingerprint density at radius 2 is 1.94 bits per heavy atom. The molecule has 1 aliphatic heterocycles. The second-order valence-electron chi connectivity index (χ2n) is 7.79. The van der Waals surface area contributed by atoms with Crippen LogP contribution in [-0.4, -0.2) is 61.4 Å². The third-order valence-corrected chi connectivity index (χ3v) is 5.48. The van der Waals surface area contributed by atoms with Crippen molar-refractivity contribution < 1.29 is 14.1 Å². The fraction of sp³-hybridized carbons (Fsp3) is 0.273. The van der Waals surface area contributed by atoms with Gasteiger partial charge < -0.3 is 19.5 Å². The van der Waals surface area contributed by atoms with E-state index >= 15 is 0 Å². The summed E-state index contributed by atoms with van der Waals surface area (Å²) < 4.78 is 12.7. The molecule has 4 aromatic heterocycles. The van der Waals surface area contributed by atoms with Crippen molar-refractivity contribution in [3.05, 3.63) is 48.6 Å². The zero-order chi connectivity index (χ0) is 22.9. The molecule has 1 atom stereocenters. The van der Waals surface area contributed by atoms with Crippen molar-refractivity contribution in [1.29, 1.82) is 0 Å². The first-order chi connectivity index (χ1) is 16.0. The van der Waals surface area contributed by atoms with Gasteiger partial charge in [0.25, 0.3) is 0 Å². The quantitative estimate of drug-likeness (QED) is 0.476. The molecular formula is C22H22N8O3. The van der Waals surface area contributed by atoms with Gasteiger partial charge in [-0.25, -0.2) is 15.0 Å². The third-order valence-electron chi connectivity index (χ3n) is 5.48. The van der Waals surface area contributed by atoms with Crippen LogP contribution in [0.5, 0.6) is 5.75 Å². The molecule has 1 saturated heterocycles. The number of aromatic nitrogens is 6. The van der Waals surface area contributed by atoms with Crippen LogP contribution in [0, 0.1) is 0 Å². The Morgan fingerprint density at radius 1 is 1.12 bits per heavy atom. The van der Waals surface area contributed by atoms with Crippen molar-refractivity contribution in [3.63, 3.8) is 0 Å². The number of likely N-dealkylation sites (tertiary alicyclic amines) is 1. The van der Waals surface area contributed by atoms with E-state index in [2.05, 4.69) is 25.5 Å². The maximum Gasteiger partial charge on any atom is 0.233 e. The molecule has 168 valence electrons. The number of pyridine rings is 1. The van der Waals surface area contributed by atoms with Crippen molar-refractivity contribution in [2.24, 2.45) is 7.05 Å². The van der Waals surface area contributed by atoms with Crippen LogP contribution >= 0.6 is 0 Å². The molecule has 0 unspecified atom stereocenters. The highest BCUT2D eigenvalue weighted by Gasteiger charge is 2.33. The number of ether oxygens (including phenoxy) is 1. The Balaban J connectivity index is 1.46. The van der Waals surface area contributed by atoms with E-state index in [1.807, 2.05) is 13.2 Å². The second kappa shape index (κ2) is 8.34. The Hall–Kier alpha value is -4.28. The summed E-state index contributed by atoms with van der Waals surface area (Å²) >= 11 is 0. The Labute approximate surface area is 189 Å². The van der Waals surface area contributed by atoms with Crippen molar-refractivity contribution in [3.8, 4) is 28.5 Å². The van der Waals surface area contributed by atoms with Gasteiger partial charge in [0.15, 0.2) is 0 Å². The molecule has 1 N–H and O–H groups in total. The number of hydrogen-bond acceptors (Lipinski definition) is 9. The summed E-state index contributed by atoms with van der Waals surface area (Å²) in [5.74, 6) is 1.27. The highest BCUT2D eigenvalue weighted by molar-refractivity contribution is 5.85. The molecule has 0 aliphatic carbocycles. The van der Waals surface area contributed by atoms with E-state index < -0.39 is 0 Å². The van der Waals surface area contributed by atoms with Crippen LogP contribution in [0.25, 0.3) is 22.8 Å². The van der Waals surface area contributed by atoms with Crippen molar-refractivity contribution in [1.82, 2.24) is 34.8 Å². The molecule has 5 rings (SSSR count). The number of methoxy groups -OCH3 is 1. The number of hydrogen-bond donors (Lipinski definition) is 1. The molecule has 1 fully saturated rings. The van der Waals surface area contributed by atoms with E-state index in [1.165, 1.54) is 0 Å². The van der Waals surface area contributed by atoms with Crippen molar-refractivity contribution >= 4 is 17.5 Å². The van der Waals surface area contributed by atoms with Crippen LogP contribution in [0.4, 0.5) is 11.6 Å². The number of likely N-dealkylation sites (N-methyl/N-ethyl adjacent to an activating group) is 1. The topological polar surface area (TPSA) is 124 Å². The fourth-order valence-corrected chi connectivity index (χ4v) is 3.72. The van der Waals surface area contributed by atoms with Gasteiger partial charge in [0.1, 0.15) is 23.1 Å². The number of nitrogens with zero attached hydrogens (tertiary/aromatic N) is 7. The maximum absolute atomic E-state index is 12.3. The van der Waals surface area contributed by atoms with E-state index in [4.69, 9.17) is 14.2 Å². The zero-order valence-electron chi connectivity index (χ0n) is 18.4. The van der Waals surface area contributed by atoms with Gasteiger partial charge in [-0.3, -0.25) is 9.48 Å². The molecule has 5 heterocycles. The minimum Gasteiger partial charge on any atom is -0.497 e. The maximum atomic E-state index is 12.3. The molecule has 0 aromatic carbocycles. The van der Waals surface area contributed by atoms with E-state index in [0.29, 0.717) is 53.2 Å². The first kappa shape index (κ1) is 20.6. The summed E-state index contributed by atoms with van der Waals surface area (Å²) in [6, 6.07) is 7.09.